The summed E-state index contributed by atoms with van der Waals surface area (Å²) in [7, 11) is 0. The Bertz CT molecular complexity index is 638. The van der Waals surface area contributed by atoms with Gasteiger partial charge in [-0.3, -0.25) is 4.79 Å². The van der Waals surface area contributed by atoms with Crippen LogP contribution in [-0.4, -0.2) is 10.9 Å². The van der Waals surface area contributed by atoms with Crippen molar-refractivity contribution < 1.29 is 4.79 Å². The maximum atomic E-state index is 12.2. The molecule has 3 nitrogen and oxygen atoms in total. The number of aryl methyl sites for hydroxylation is 3. The molecule has 0 spiro atoms. The van der Waals surface area contributed by atoms with Crippen molar-refractivity contribution in [1.82, 2.24) is 4.98 Å². The average Bonchev–Trinajstić information content (AvgIpc) is 2.33. The van der Waals surface area contributed by atoms with Crippen LogP contribution in [0.1, 0.15) is 27.2 Å². The van der Waals surface area contributed by atoms with Gasteiger partial charge in [-0.15, -0.1) is 0 Å². The molecular formula is C15H15BrN2O. The third-order valence-electron chi connectivity index (χ3n) is 2.89. The molecule has 0 bridgehead atoms. The van der Waals surface area contributed by atoms with E-state index in [-0.39, 0.29) is 5.91 Å². The lowest BCUT2D eigenvalue weighted by Gasteiger charge is -2.08. The van der Waals surface area contributed by atoms with E-state index >= 15 is 0 Å². The molecule has 1 aromatic carbocycles. The molecular weight excluding hydrogens is 304 g/mol. The molecule has 1 aromatic heterocycles. The number of hydrogen-bond acceptors (Lipinski definition) is 2. The minimum Gasteiger partial charge on any atom is -0.307 e. The molecule has 0 saturated heterocycles. The van der Waals surface area contributed by atoms with Crippen LogP contribution in [-0.2, 0) is 0 Å². The minimum absolute atomic E-state index is 0.133. The molecule has 0 aliphatic rings. The van der Waals surface area contributed by atoms with Gasteiger partial charge in [0.1, 0.15) is 5.82 Å². The molecule has 19 heavy (non-hydrogen) atoms. The highest BCUT2D eigenvalue weighted by Gasteiger charge is 2.10. The van der Waals surface area contributed by atoms with Crippen molar-refractivity contribution in [2.75, 3.05) is 5.32 Å². The van der Waals surface area contributed by atoms with Crippen LogP contribution in [0.15, 0.2) is 34.8 Å². The van der Waals surface area contributed by atoms with Crippen molar-refractivity contribution in [2.24, 2.45) is 0 Å². The van der Waals surface area contributed by atoms with E-state index in [0.717, 1.165) is 21.3 Å². The summed E-state index contributed by atoms with van der Waals surface area (Å²) >= 11 is 3.38. The van der Waals surface area contributed by atoms with E-state index < -0.39 is 0 Å². The molecule has 1 amide bonds. The quantitative estimate of drug-likeness (QED) is 0.908. The van der Waals surface area contributed by atoms with E-state index in [2.05, 4.69) is 26.2 Å². The molecule has 0 fully saturated rings. The van der Waals surface area contributed by atoms with Gasteiger partial charge < -0.3 is 5.32 Å². The Morgan fingerprint density at radius 1 is 1.16 bits per heavy atom. The second-order valence-electron chi connectivity index (χ2n) is 4.54. The maximum Gasteiger partial charge on any atom is 0.257 e. The van der Waals surface area contributed by atoms with Gasteiger partial charge in [0.25, 0.3) is 5.91 Å². The Hall–Kier alpha value is -1.68. The lowest BCUT2D eigenvalue weighted by molar-refractivity contribution is 0.102. The van der Waals surface area contributed by atoms with Gasteiger partial charge in [-0.1, -0.05) is 17.7 Å². The molecule has 0 aliphatic carbocycles. The maximum absolute atomic E-state index is 12.2. The van der Waals surface area contributed by atoms with Gasteiger partial charge in [0.05, 0.1) is 5.69 Å². The number of anilines is 1. The first kappa shape index (κ1) is 13.7. The van der Waals surface area contributed by atoms with E-state index in [4.69, 9.17) is 0 Å². The monoisotopic (exact) mass is 318 g/mol. The molecule has 4 heteroatoms. The summed E-state index contributed by atoms with van der Waals surface area (Å²) < 4.78 is 0.928. The summed E-state index contributed by atoms with van der Waals surface area (Å²) in [6.07, 6.45) is 0. The van der Waals surface area contributed by atoms with Gasteiger partial charge in [-0.2, -0.15) is 0 Å². The van der Waals surface area contributed by atoms with Gasteiger partial charge in [0.2, 0.25) is 0 Å². The number of halogens is 1. The fraction of sp³-hybridized carbons (Fsp3) is 0.200. The molecule has 1 heterocycles. The Kier molecular flexibility index (Phi) is 4.00. The number of benzene rings is 1. The van der Waals surface area contributed by atoms with Crippen molar-refractivity contribution >= 4 is 27.7 Å². The normalized spacial score (nSPS) is 10.3. The van der Waals surface area contributed by atoms with E-state index in [9.17, 15) is 4.79 Å². The third kappa shape index (κ3) is 3.20. The second kappa shape index (κ2) is 5.53. The first-order chi connectivity index (χ1) is 8.97. The molecule has 1 N–H and O–H groups in total. The zero-order valence-corrected chi connectivity index (χ0v) is 12.7. The van der Waals surface area contributed by atoms with Crippen molar-refractivity contribution in [2.45, 2.75) is 20.8 Å². The van der Waals surface area contributed by atoms with Crippen LogP contribution >= 0.6 is 15.9 Å². The lowest BCUT2D eigenvalue weighted by Crippen LogP contribution is -2.14. The highest BCUT2D eigenvalue weighted by atomic mass is 79.9. The van der Waals surface area contributed by atoms with Crippen molar-refractivity contribution in [3.8, 4) is 0 Å². The molecule has 2 rings (SSSR count). The van der Waals surface area contributed by atoms with Crippen molar-refractivity contribution in [1.29, 1.82) is 0 Å². The number of pyridine rings is 1. The van der Waals surface area contributed by atoms with Gasteiger partial charge >= 0.3 is 0 Å². The number of hydrogen-bond donors (Lipinski definition) is 1. The summed E-state index contributed by atoms with van der Waals surface area (Å²) in [6.45, 7) is 5.83. The highest BCUT2D eigenvalue weighted by Crippen LogP contribution is 2.17. The molecule has 0 radical (unpaired) electrons. The summed E-state index contributed by atoms with van der Waals surface area (Å²) in [5.74, 6) is 0.428. The minimum atomic E-state index is -0.133. The zero-order chi connectivity index (χ0) is 14.0. The zero-order valence-electron chi connectivity index (χ0n) is 11.1. The number of carbonyl (C=O) groups is 1. The summed E-state index contributed by atoms with van der Waals surface area (Å²) in [4.78, 5) is 16.5. The van der Waals surface area contributed by atoms with Gasteiger partial charge in [-0.25, -0.2) is 4.98 Å². The van der Waals surface area contributed by atoms with Crippen molar-refractivity contribution in [3.05, 3.63) is 57.2 Å². The summed E-state index contributed by atoms with van der Waals surface area (Å²) in [5.41, 5.74) is 3.63. The standard InChI is InChI=1S/C15H15BrN2O/c1-9-4-5-12(10(2)8-9)15(19)18-14-7-6-13(16)11(3)17-14/h4-8H,1-3H3,(H,17,18,19). The highest BCUT2D eigenvalue weighted by molar-refractivity contribution is 9.10. The Balaban J connectivity index is 2.23. The first-order valence-electron chi connectivity index (χ1n) is 5.99. The van der Waals surface area contributed by atoms with Gasteiger partial charge in [-0.05, 0) is 60.5 Å². The molecule has 98 valence electrons. The van der Waals surface area contributed by atoms with Crippen LogP contribution in [0.3, 0.4) is 0 Å². The van der Waals surface area contributed by atoms with E-state index in [0.29, 0.717) is 11.4 Å². The lowest BCUT2D eigenvalue weighted by atomic mass is 10.1. The Labute approximate surface area is 121 Å². The average molecular weight is 319 g/mol. The number of carbonyl (C=O) groups excluding carboxylic acids is 1. The predicted molar refractivity (Wildman–Crippen MR) is 80.5 cm³/mol. The van der Waals surface area contributed by atoms with Crippen LogP contribution in [0.5, 0.6) is 0 Å². The van der Waals surface area contributed by atoms with Gasteiger partial charge in [0, 0.05) is 10.0 Å². The second-order valence-corrected chi connectivity index (χ2v) is 5.39. The van der Waals surface area contributed by atoms with Crippen LogP contribution in [0.25, 0.3) is 0 Å². The fourth-order valence-electron chi connectivity index (χ4n) is 1.87. The van der Waals surface area contributed by atoms with E-state index in [1.165, 1.54) is 0 Å². The first-order valence-corrected chi connectivity index (χ1v) is 6.78. The van der Waals surface area contributed by atoms with Crippen LogP contribution in [0, 0.1) is 20.8 Å². The number of nitrogens with one attached hydrogen (secondary N) is 1. The fourth-order valence-corrected chi connectivity index (χ4v) is 2.09. The molecule has 2 aromatic rings. The van der Waals surface area contributed by atoms with Crippen molar-refractivity contribution in [3.63, 3.8) is 0 Å². The van der Waals surface area contributed by atoms with E-state index in [1.807, 2.05) is 45.0 Å². The third-order valence-corrected chi connectivity index (χ3v) is 3.73. The number of aromatic nitrogens is 1. The smallest absolute Gasteiger partial charge is 0.257 e. The van der Waals surface area contributed by atoms with Gasteiger partial charge in [0.15, 0.2) is 0 Å². The summed E-state index contributed by atoms with van der Waals surface area (Å²) in [5, 5.41) is 2.82. The summed E-state index contributed by atoms with van der Waals surface area (Å²) in [6, 6.07) is 9.42. The predicted octanol–water partition coefficient (Wildman–Crippen LogP) is 4.02. The molecule has 0 unspecified atom stereocenters. The van der Waals surface area contributed by atoms with Crippen LogP contribution in [0.2, 0.25) is 0 Å². The van der Waals surface area contributed by atoms with Crippen LogP contribution in [0.4, 0.5) is 5.82 Å². The van der Waals surface area contributed by atoms with Crippen LogP contribution < -0.4 is 5.32 Å². The molecule has 0 aliphatic heterocycles. The van der Waals surface area contributed by atoms with E-state index in [1.54, 1.807) is 6.07 Å². The SMILES string of the molecule is Cc1ccc(C(=O)Nc2ccc(Br)c(C)n2)c(C)c1. The largest absolute Gasteiger partial charge is 0.307 e. The number of rotatable bonds is 2. The Morgan fingerprint density at radius 2 is 1.89 bits per heavy atom. The Morgan fingerprint density at radius 3 is 2.53 bits per heavy atom. The molecule has 0 atom stereocenters. The topological polar surface area (TPSA) is 42.0 Å². The number of amides is 1. The number of nitrogens with zero attached hydrogens (tertiary/aromatic N) is 1. The molecule has 0 saturated carbocycles.